The number of thiocarbonyl (C=S) groups is 1. The van der Waals surface area contributed by atoms with Gasteiger partial charge in [0.2, 0.25) is 0 Å². The van der Waals surface area contributed by atoms with Gasteiger partial charge in [0.1, 0.15) is 12.4 Å². The highest BCUT2D eigenvalue weighted by molar-refractivity contribution is 9.10. The lowest BCUT2D eigenvalue weighted by atomic mass is 10.2. The molecule has 2 rings (SSSR count). The molecule has 0 saturated heterocycles. The Bertz CT molecular complexity index is 777. The number of rotatable bonds is 5. The zero-order chi connectivity index (χ0) is 17.5. The number of benzene rings is 2. The van der Waals surface area contributed by atoms with Crippen LogP contribution in [-0.4, -0.2) is 17.6 Å². The molecule has 0 heterocycles. The van der Waals surface area contributed by atoms with E-state index in [-0.39, 0.29) is 11.0 Å². The van der Waals surface area contributed by atoms with E-state index in [2.05, 4.69) is 33.1 Å². The minimum absolute atomic E-state index is 0.200. The SMILES string of the molecule is C=C(C)COc1ccccc1NC(=S)NC(=O)c1cccc(Br)c1. The van der Waals surface area contributed by atoms with Gasteiger partial charge in [0.25, 0.3) is 5.91 Å². The van der Waals surface area contributed by atoms with Crippen molar-refractivity contribution >= 4 is 44.9 Å². The third kappa shape index (κ3) is 5.47. The van der Waals surface area contributed by atoms with Gasteiger partial charge in [-0.3, -0.25) is 10.1 Å². The van der Waals surface area contributed by atoms with Gasteiger partial charge in [0.15, 0.2) is 5.11 Å². The second-order valence-corrected chi connectivity index (χ2v) is 6.48. The largest absolute Gasteiger partial charge is 0.487 e. The smallest absolute Gasteiger partial charge is 0.257 e. The normalized spacial score (nSPS) is 9.92. The molecule has 0 bridgehead atoms. The third-order valence-electron chi connectivity index (χ3n) is 2.92. The fraction of sp³-hybridized carbons (Fsp3) is 0.111. The summed E-state index contributed by atoms with van der Waals surface area (Å²) in [6, 6.07) is 14.4. The molecule has 0 aliphatic carbocycles. The molecule has 0 saturated carbocycles. The maximum atomic E-state index is 12.2. The Hall–Kier alpha value is -2.18. The van der Waals surface area contributed by atoms with Crippen molar-refractivity contribution in [2.24, 2.45) is 0 Å². The molecule has 0 radical (unpaired) electrons. The molecule has 6 heteroatoms. The van der Waals surface area contributed by atoms with Crippen molar-refractivity contribution in [3.8, 4) is 5.75 Å². The van der Waals surface area contributed by atoms with Crippen molar-refractivity contribution in [2.45, 2.75) is 6.92 Å². The molecule has 0 spiro atoms. The highest BCUT2D eigenvalue weighted by Gasteiger charge is 2.10. The molecule has 2 aromatic carbocycles. The Kier molecular flexibility index (Phi) is 6.52. The number of carbonyl (C=O) groups excluding carboxylic acids is 1. The molecule has 0 atom stereocenters. The average Bonchev–Trinajstić information content (AvgIpc) is 2.53. The van der Waals surface area contributed by atoms with Crippen molar-refractivity contribution in [3.63, 3.8) is 0 Å². The van der Waals surface area contributed by atoms with Gasteiger partial charge in [-0.1, -0.05) is 40.7 Å². The number of amides is 1. The Morgan fingerprint density at radius 1 is 1.25 bits per heavy atom. The van der Waals surface area contributed by atoms with E-state index in [1.165, 1.54) is 0 Å². The van der Waals surface area contributed by atoms with Gasteiger partial charge in [0, 0.05) is 10.0 Å². The van der Waals surface area contributed by atoms with E-state index >= 15 is 0 Å². The Balaban J connectivity index is 2.02. The Morgan fingerprint density at radius 3 is 2.71 bits per heavy atom. The van der Waals surface area contributed by atoms with Crippen LogP contribution in [0.3, 0.4) is 0 Å². The summed E-state index contributed by atoms with van der Waals surface area (Å²) in [5, 5.41) is 5.83. The topological polar surface area (TPSA) is 50.4 Å². The van der Waals surface area contributed by atoms with Gasteiger partial charge in [0.05, 0.1) is 5.69 Å². The molecule has 0 aromatic heterocycles. The van der Waals surface area contributed by atoms with Crippen molar-refractivity contribution in [3.05, 3.63) is 70.7 Å². The Labute approximate surface area is 155 Å². The first-order chi connectivity index (χ1) is 11.5. The second-order valence-electron chi connectivity index (χ2n) is 5.16. The molecular formula is C18H17BrN2O2S. The highest BCUT2D eigenvalue weighted by Crippen LogP contribution is 2.24. The monoisotopic (exact) mass is 404 g/mol. The number of carbonyl (C=O) groups is 1. The third-order valence-corrected chi connectivity index (χ3v) is 3.62. The molecular weight excluding hydrogens is 388 g/mol. The summed E-state index contributed by atoms with van der Waals surface area (Å²) in [7, 11) is 0. The van der Waals surface area contributed by atoms with E-state index in [0.29, 0.717) is 23.6 Å². The predicted molar refractivity (Wildman–Crippen MR) is 105 cm³/mol. The number of anilines is 1. The number of ether oxygens (including phenoxy) is 1. The summed E-state index contributed by atoms with van der Waals surface area (Å²) in [6.45, 7) is 6.11. The first kappa shape index (κ1) is 18.2. The standard InChI is InChI=1S/C18H17BrN2O2S/c1-12(2)11-23-16-9-4-3-8-15(16)20-18(24)21-17(22)13-6-5-7-14(19)10-13/h3-10H,1,11H2,2H3,(H2,20,21,22,24). The van der Waals surface area contributed by atoms with Gasteiger partial charge in [-0.15, -0.1) is 0 Å². The maximum Gasteiger partial charge on any atom is 0.257 e. The molecule has 2 aromatic rings. The number of para-hydroxylation sites is 2. The van der Waals surface area contributed by atoms with Crippen LogP contribution in [0, 0.1) is 0 Å². The van der Waals surface area contributed by atoms with E-state index < -0.39 is 0 Å². The fourth-order valence-electron chi connectivity index (χ4n) is 1.86. The van der Waals surface area contributed by atoms with Crippen LogP contribution in [0.1, 0.15) is 17.3 Å². The fourth-order valence-corrected chi connectivity index (χ4v) is 2.46. The Morgan fingerprint density at radius 2 is 2.00 bits per heavy atom. The number of hydrogen-bond donors (Lipinski definition) is 2. The van der Waals surface area contributed by atoms with E-state index in [9.17, 15) is 4.79 Å². The molecule has 124 valence electrons. The minimum atomic E-state index is -0.283. The van der Waals surface area contributed by atoms with Crippen LogP contribution < -0.4 is 15.4 Å². The van der Waals surface area contributed by atoms with E-state index in [0.717, 1.165) is 10.0 Å². The summed E-state index contributed by atoms with van der Waals surface area (Å²) in [6.07, 6.45) is 0. The molecule has 1 amide bonds. The van der Waals surface area contributed by atoms with Crippen LogP contribution in [0.2, 0.25) is 0 Å². The molecule has 0 fully saturated rings. The lowest BCUT2D eigenvalue weighted by molar-refractivity contribution is 0.0977. The first-order valence-corrected chi connectivity index (χ1v) is 8.40. The van der Waals surface area contributed by atoms with E-state index in [1.54, 1.807) is 18.2 Å². The number of nitrogens with one attached hydrogen (secondary N) is 2. The van der Waals surface area contributed by atoms with Gasteiger partial charge < -0.3 is 10.1 Å². The lowest BCUT2D eigenvalue weighted by Gasteiger charge is -2.14. The summed E-state index contributed by atoms with van der Waals surface area (Å²) in [4.78, 5) is 12.2. The molecule has 24 heavy (non-hydrogen) atoms. The molecule has 4 nitrogen and oxygen atoms in total. The highest BCUT2D eigenvalue weighted by atomic mass is 79.9. The minimum Gasteiger partial charge on any atom is -0.487 e. The summed E-state index contributed by atoms with van der Waals surface area (Å²) >= 11 is 8.55. The number of halogens is 1. The summed E-state index contributed by atoms with van der Waals surface area (Å²) < 4.78 is 6.49. The summed E-state index contributed by atoms with van der Waals surface area (Å²) in [5.41, 5.74) is 2.11. The predicted octanol–water partition coefficient (Wildman–Crippen LogP) is 4.53. The van der Waals surface area contributed by atoms with Crippen molar-refractivity contribution in [1.29, 1.82) is 0 Å². The maximum absolute atomic E-state index is 12.2. The van der Waals surface area contributed by atoms with Crippen LogP contribution in [0.4, 0.5) is 5.69 Å². The van der Waals surface area contributed by atoms with Crippen molar-refractivity contribution < 1.29 is 9.53 Å². The average molecular weight is 405 g/mol. The van der Waals surface area contributed by atoms with Gasteiger partial charge in [-0.2, -0.15) is 0 Å². The van der Waals surface area contributed by atoms with Gasteiger partial charge in [-0.25, -0.2) is 0 Å². The van der Waals surface area contributed by atoms with Crippen molar-refractivity contribution in [2.75, 3.05) is 11.9 Å². The van der Waals surface area contributed by atoms with Crippen molar-refractivity contribution in [1.82, 2.24) is 5.32 Å². The zero-order valence-corrected chi connectivity index (χ0v) is 15.5. The van der Waals surface area contributed by atoms with Crippen LogP contribution in [0.25, 0.3) is 0 Å². The van der Waals surface area contributed by atoms with Gasteiger partial charge >= 0.3 is 0 Å². The molecule has 2 N–H and O–H groups in total. The molecule has 0 unspecified atom stereocenters. The molecule has 0 aliphatic rings. The summed E-state index contributed by atoms with van der Waals surface area (Å²) in [5.74, 6) is 0.355. The zero-order valence-electron chi connectivity index (χ0n) is 13.1. The molecule has 0 aliphatic heterocycles. The van der Waals surface area contributed by atoms with Crippen LogP contribution in [-0.2, 0) is 0 Å². The van der Waals surface area contributed by atoms with Crippen LogP contribution in [0.5, 0.6) is 5.75 Å². The van der Waals surface area contributed by atoms with E-state index in [1.807, 2.05) is 37.3 Å². The van der Waals surface area contributed by atoms with Crippen LogP contribution in [0.15, 0.2) is 65.2 Å². The van der Waals surface area contributed by atoms with Gasteiger partial charge in [-0.05, 0) is 55.0 Å². The quantitative estimate of drug-likeness (QED) is 0.567. The van der Waals surface area contributed by atoms with E-state index in [4.69, 9.17) is 17.0 Å². The van der Waals surface area contributed by atoms with Crippen LogP contribution >= 0.6 is 28.1 Å². The first-order valence-electron chi connectivity index (χ1n) is 7.20. The number of hydrogen-bond acceptors (Lipinski definition) is 3. The second kappa shape index (κ2) is 8.61. The lowest BCUT2D eigenvalue weighted by Crippen LogP contribution is -2.34.